The van der Waals surface area contributed by atoms with Gasteiger partial charge in [0.2, 0.25) is 0 Å². The Bertz CT molecular complexity index is 752. The van der Waals surface area contributed by atoms with Crippen LogP contribution in [-0.4, -0.2) is 8.42 Å². The Kier molecular flexibility index (Phi) is 4.85. The average molecular weight is 366 g/mol. The largest absolute Gasteiger partial charge is 0.279 e. The van der Waals surface area contributed by atoms with Crippen molar-refractivity contribution in [3.05, 3.63) is 70.7 Å². The van der Waals surface area contributed by atoms with E-state index in [1.807, 2.05) is 13.0 Å². The van der Waals surface area contributed by atoms with Crippen molar-refractivity contribution >= 4 is 31.6 Å². The zero-order valence-corrected chi connectivity index (χ0v) is 14.0. The van der Waals surface area contributed by atoms with Gasteiger partial charge in [-0.15, -0.1) is 6.58 Å². The predicted molar refractivity (Wildman–Crippen MR) is 90.0 cm³/mol. The minimum Gasteiger partial charge on any atom is -0.279 e. The van der Waals surface area contributed by atoms with Crippen molar-refractivity contribution in [3.63, 3.8) is 0 Å². The fraction of sp³-hybridized carbons (Fsp3) is 0.125. The van der Waals surface area contributed by atoms with Crippen LogP contribution in [0.5, 0.6) is 0 Å². The number of nitrogens with one attached hydrogen (secondary N) is 1. The third-order valence-corrected chi connectivity index (χ3v) is 4.88. The number of allylic oxidation sites excluding steroid dienone is 1. The zero-order chi connectivity index (χ0) is 15.5. The second-order valence-electron chi connectivity index (χ2n) is 4.71. The average Bonchev–Trinajstić information content (AvgIpc) is 2.42. The van der Waals surface area contributed by atoms with Crippen LogP contribution in [0.3, 0.4) is 0 Å². The third kappa shape index (κ3) is 3.95. The molecule has 0 saturated carbocycles. The highest BCUT2D eigenvalue weighted by molar-refractivity contribution is 9.10. The molecule has 0 heterocycles. The highest BCUT2D eigenvalue weighted by Gasteiger charge is 2.15. The van der Waals surface area contributed by atoms with Crippen LogP contribution in [-0.2, 0) is 16.4 Å². The Morgan fingerprint density at radius 3 is 2.48 bits per heavy atom. The van der Waals surface area contributed by atoms with E-state index in [2.05, 4.69) is 27.2 Å². The molecule has 0 aliphatic rings. The quantitative estimate of drug-likeness (QED) is 0.803. The van der Waals surface area contributed by atoms with Gasteiger partial charge in [0.25, 0.3) is 10.0 Å². The lowest BCUT2D eigenvalue weighted by molar-refractivity contribution is 0.601. The summed E-state index contributed by atoms with van der Waals surface area (Å²) in [6.07, 6.45) is 2.33. The van der Waals surface area contributed by atoms with Crippen molar-refractivity contribution in [2.45, 2.75) is 18.2 Å². The fourth-order valence-electron chi connectivity index (χ4n) is 1.91. The molecule has 0 radical (unpaired) electrons. The van der Waals surface area contributed by atoms with Crippen molar-refractivity contribution in [2.75, 3.05) is 4.72 Å². The van der Waals surface area contributed by atoms with Gasteiger partial charge in [-0.2, -0.15) is 0 Å². The van der Waals surface area contributed by atoms with Crippen LogP contribution in [0.25, 0.3) is 0 Å². The molecule has 0 bridgehead atoms. The number of anilines is 1. The van der Waals surface area contributed by atoms with E-state index >= 15 is 0 Å². The molecule has 0 aliphatic carbocycles. The van der Waals surface area contributed by atoms with Gasteiger partial charge in [0, 0.05) is 4.47 Å². The topological polar surface area (TPSA) is 46.2 Å². The van der Waals surface area contributed by atoms with E-state index in [4.69, 9.17) is 0 Å². The maximum Gasteiger partial charge on any atom is 0.261 e. The zero-order valence-electron chi connectivity index (χ0n) is 11.6. The Labute approximate surface area is 133 Å². The summed E-state index contributed by atoms with van der Waals surface area (Å²) in [5, 5.41) is 0. The minimum atomic E-state index is -3.58. The van der Waals surface area contributed by atoms with Gasteiger partial charge >= 0.3 is 0 Å². The molecule has 5 heteroatoms. The van der Waals surface area contributed by atoms with Crippen LogP contribution in [0.4, 0.5) is 5.69 Å². The van der Waals surface area contributed by atoms with Crippen molar-refractivity contribution < 1.29 is 8.42 Å². The highest BCUT2D eigenvalue weighted by atomic mass is 79.9. The molecule has 2 aromatic carbocycles. The van der Waals surface area contributed by atoms with Crippen LogP contribution >= 0.6 is 15.9 Å². The molecule has 0 amide bonds. The lowest BCUT2D eigenvalue weighted by Gasteiger charge is -2.12. The number of halogens is 1. The minimum absolute atomic E-state index is 0.251. The van der Waals surface area contributed by atoms with Gasteiger partial charge in [-0.3, -0.25) is 4.72 Å². The molecule has 0 unspecified atom stereocenters. The molecule has 1 N–H and O–H groups in total. The third-order valence-electron chi connectivity index (χ3n) is 3.01. The number of benzene rings is 2. The van der Waals surface area contributed by atoms with Crippen LogP contribution in [0.15, 0.2) is 64.5 Å². The second-order valence-corrected chi connectivity index (χ2v) is 7.31. The Morgan fingerprint density at radius 2 is 1.86 bits per heavy atom. The first-order valence-electron chi connectivity index (χ1n) is 6.41. The number of aryl methyl sites for hydroxylation is 1. The lowest BCUT2D eigenvalue weighted by atomic mass is 10.1. The molecule has 2 aromatic rings. The van der Waals surface area contributed by atoms with Crippen molar-refractivity contribution in [1.82, 2.24) is 0 Å². The van der Waals surface area contributed by atoms with E-state index in [9.17, 15) is 8.42 Å². The number of hydrogen-bond donors (Lipinski definition) is 1. The van der Waals surface area contributed by atoms with Gasteiger partial charge in [0.15, 0.2) is 0 Å². The van der Waals surface area contributed by atoms with Crippen LogP contribution < -0.4 is 4.72 Å². The molecule has 0 fully saturated rings. The summed E-state index contributed by atoms with van der Waals surface area (Å²) in [6, 6.07) is 12.2. The van der Waals surface area contributed by atoms with E-state index in [1.165, 1.54) is 0 Å². The normalized spacial score (nSPS) is 11.1. The summed E-state index contributed by atoms with van der Waals surface area (Å²) in [7, 11) is -3.58. The fourth-order valence-corrected chi connectivity index (χ4v) is 3.42. The molecule has 2 rings (SSSR count). The summed E-state index contributed by atoms with van der Waals surface area (Å²) >= 11 is 3.39. The van der Waals surface area contributed by atoms with Gasteiger partial charge in [-0.1, -0.05) is 39.7 Å². The summed E-state index contributed by atoms with van der Waals surface area (Å²) in [6.45, 7) is 5.62. The van der Waals surface area contributed by atoms with Crippen molar-refractivity contribution in [1.29, 1.82) is 0 Å². The highest BCUT2D eigenvalue weighted by Crippen LogP contribution is 2.24. The smallest absolute Gasteiger partial charge is 0.261 e. The molecular formula is C16H16BrNO2S. The van der Waals surface area contributed by atoms with Gasteiger partial charge in [0.1, 0.15) is 0 Å². The molecule has 0 aliphatic heterocycles. The molecule has 0 saturated heterocycles. The molecule has 3 nitrogen and oxygen atoms in total. The first kappa shape index (κ1) is 15.8. The van der Waals surface area contributed by atoms with Gasteiger partial charge < -0.3 is 0 Å². The van der Waals surface area contributed by atoms with Crippen LogP contribution in [0, 0.1) is 6.92 Å². The van der Waals surface area contributed by atoms with Crippen LogP contribution in [0.1, 0.15) is 11.1 Å². The standard InChI is InChI=1S/C16H16BrNO2S/c1-3-4-13-11-14(17)7-10-16(13)18-21(19,20)15-8-5-12(2)6-9-15/h3,5-11,18H,1,4H2,2H3. The van der Waals surface area contributed by atoms with Crippen molar-refractivity contribution in [2.24, 2.45) is 0 Å². The van der Waals surface area contributed by atoms with E-state index in [-0.39, 0.29) is 4.90 Å². The summed E-state index contributed by atoms with van der Waals surface area (Å²) in [5.41, 5.74) is 2.46. The van der Waals surface area contributed by atoms with E-state index < -0.39 is 10.0 Å². The maximum atomic E-state index is 12.4. The summed E-state index contributed by atoms with van der Waals surface area (Å²) < 4.78 is 28.4. The first-order chi connectivity index (χ1) is 9.92. The molecular weight excluding hydrogens is 350 g/mol. The van der Waals surface area contributed by atoms with E-state index in [0.29, 0.717) is 12.1 Å². The predicted octanol–water partition coefficient (Wildman–Crippen LogP) is 4.29. The molecule has 0 aromatic heterocycles. The monoisotopic (exact) mass is 365 g/mol. The maximum absolute atomic E-state index is 12.4. The Hall–Kier alpha value is -1.59. The SMILES string of the molecule is C=CCc1cc(Br)ccc1NS(=O)(=O)c1ccc(C)cc1. The second kappa shape index (κ2) is 6.45. The van der Waals surface area contributed by atoms with E-state index in [1.54, 1.807) is 42.5 Å². The molecule has 110 valence electrons. The van der Waals surface area contributed by atoms with Crippen molar-refractivity contribution in [3.8, 4) is 0 Å². The molecule has 21 heavy (non-hydrogen) atoms. The molecule has 0 atom stereocenters. The Morgan fingerprint density at radius 1 is 1.19 bits per heavy atom. The summed E-state index contributed by atoms with van der Waals surface area (Å²) in [4.78, 5) is 0.251. The number of rotatable bonds is 5. The lowest BCUT2D eigenvalue weighted by Crippen LogP contribution is -2.14. The molecule has 0 spiro atoms. The van der Waals surface area contributed by atoms with Gasteiger partial charge in [-0.05, 0) is 49.2 Å². The number of hydrogen-bond acceptors (Lipinski definition) is 2. The van der Waals surface area contributed by atoms with Crippen LogP contribution in [0.2, 0.25) is 0 Å². The first-order valence-corrected chi connectivity index (χ1v) is 8.69. The van der Waals surface area contributed by atoms with E-state index in [0.717, 1.165) is 15.6 Å². The number of sulfonamides is 1. The summed E-state index contributed by atoms with van der Waals surface area (Å²) in [5.74, 6) is 0. The van der Waals surface area contributed by atoms with Gasteiger partial charge in [0.05, 0.1) is 10.6 Å². The van der Waals surface area contributed by atoms with Gasteiger partial charge in [-0.25, -0.2) is 8.42 Å². The Balaban J connectivity index is 2.36.